The van der Waals surface area contributed by atoms with Gasteiger partial charge in [0.2, 0.25) is 9.84 Å². The maximum atomic E-state index is 12.4. The molecular formula is C15H14N2O4S. The van der Waals surface area contributed by atoms with Crippen LogP contribution in [-0.2, 0) is 19.4 Å². The van der Waals surface area contributed by atoms with Gasteiger partial charge in [-0.05, 0) is 32.1 Å². The minimum absolute atomic E-state index is 0.0530. The third kappa shape index (κ3) is 3.94. The number of carbonyl (C=O) groups is 1. The molecule has 0 aliphatic rings. The highest BCUT2D eigenvalue weighted by Gasteiger charge is 2.25. The first kappa shape index (κ1) is 17.4. The van der Waals surface area contributed by atoms with Gasteiger partial charge in [0, 0.05) is 0 Å². The second kappa shape index (κ2) is 7.39. The van der Waals surface area contributed by atoms with Gasteiger partial charge in [0.25, 0.3) is 0 Å². The van der Waals surface area contributed by atoms with E-state index < -0.39 is 26.6 Å². The molecule has 0 heterocycles. The maximum absolute atomic E-state index is 12.4. The van der Waals surface area contributed by atoms with E-state index in [1.54, 1.807) is 32.0 Å². The molecule has 0 aromatic heterocycles. The standard InChI is InChI=1S/C15H14N2O4S/c1-3-21-15(18)12(9-16)8-14(10-17)22(19,20)13-6-4-11(2)5-7-13/h4-8,12H,3H2,1-2H3/b14-8+/t12-/m1/s1. The van der Waals surface area contributed by atoms with Gasteiger partial charge >= 0.3 is 5.97 Å². The lowest BCUT2D eigenvalue weighted by molar-refractivity contribution is -0.144. The summed E-state index contributed by atoms with van der Waals surface area (Å²) in [5.74, 6) is -2.34. The molecule has 0 saturated heterocycles. The van der Waals surface area contributed by atoms with E-state index in [-0.39, 0.29) is 11.5 Å². The van der Waals surface area contributed by atoms with Crippen molar-refractivity contribution in [3.63, 3.8) is 0 Å². The molecule has 0 aliphatic heterocycles. The molecule has 0 aliphatic carbocycles. The number of esters is 1. The minimum atomic E-state index is -4.08. The maximum Gasteiger partial charge on any atom is 0.327 e. The molecule has 0 radical (unpaired) electrons. The van der Waals surface area contributed by atoms with Gasteiger partial charge < -0.3 is 4.74 Å². The van der Waals surface area contributed by atoms with Crippen molar-refractivity contribution in [2.45, 2.75) is 18.7 Å². The van der Waals surface area contributed by atoms with E-state index in [1.165, 1.54) is 18.2 Å². The molecule has 1 rings (SSSR count). The van der Waals surface area contributed by atoms with Crippen LogP contribution in [0.5, 0.6) is 0 Å². The van der Waals surface area contributed by atoms with E-state index in [4.69, 9.17) is 10.5 Å². The normalized spacial score (nSPS) is 12.8. The Morgan fingerprint density at radius 3 is 2.36 bits per heavy atom. The summed E-state index contributed by atoms with van der Waals surface area (Å²) in [6, 6.07) is 9.06. The number of hydrogen-bond donors (Lipinski definition) is 0. The lowest BCUT2D eigenvalue weighted by Crippen LogP contribution is -2.16. The number of nitriles is 2. The average Bonchev–Trinajstić information content (AvgIpc) is 2.48. The molecule has 114 valence electrons. The second-order valence-electron chi connectivity index (χ2n) is 4.32. The van der Waals surface area contributed by atoms with Gasteiger partial charge in [0.05, 0.1) is 17.6 Å². The predicted molar refractivity (Wildman–Crippen MR) is 77.8 cm³/mol. The summed E-state index contributed by atoms with van der Waals surface area (Å²) in [5, 5.41) is 18.0. The Hall–Kier alpha value is -2.64. The van der Waals surface area contributed by atoms with Crippen LogP contribution < -0.4 is 0 Å². The van der Waals surface area contributed by atoms with E-state index in [9.17, 15) is 13.2 Å². The van der Waals surface area contributed by atoms with Crippen molar-refractivity contribution in [3.05, 3.63) is 40.8 Å². The predicted octanol–water partition coefficient (Wildman–Crippen LogP) is 1.88. The zero-order valence-electron chi connectivity index (χ0n) is 12.1. The number of hydrogen-bond acceptors (Lipinski definition) is 6. The van der Waals surface area contributed by atoms with Gasteiger partial charge in [-0.2, -0.15) is 10.5 Å². The number of nitrogens with zero attached hydrogens (tertiary/aromatic N) is 2. The van der Waals surface area contributed by atoms with Crippen molar-refractivity contribution in [1.82, 2.24) is 0 Å². The van der Waals surface area contributed by atoms with Crippen LogP contribution in [0.3, 0.4) is 0 Å². The van der Waals surface area contributed by atoms with Crippen LogP contribution in [0.25, 0.3) is 0 Å². The number of carbonyl (C=O) groups excluding carboxylic acids is 1. The van der Waals surface area contributed by atoms with Gasteiger partial charge in [-0.25, -0.2) is 8.42 Å². The van der Waals surface area contributed by atoms with E-state index in [2.05, 4.69) is 4.74 Å². The van der Waals surface area contributed by atoms with Gasteiger partial charge in [-0.1, -0.05) is 17.7 Å². The Bertz CT molecular complexity index is 765. The zero-order valence-corrected chi connectivity index (χ0v) is 12.9. The molecule has 22 heavy (non-hydrogen) atoms. The highest BCUT2D eigenvalue weighted by Crippen LogP contribution is 2.21. The van der Waals surface area contributed by atoms with Gasteiger partial charge in [0.15, 0.2) is 5.92 Å². The van der Waals surface area contributed by atoms with E-state index in [0.717, 1.165) is 11.6 Å². The van der Waals surface area contributed by atoms with Crippen molar-refractivity contribution in [1.29, 1.82) is 10.5 Å². The molecular weight excluding hydrogens is 304 g/mol. The number of ether oxygens (including phenoxy) is 1. The fourth-order valence-corrected chi connectivity index (χ4v) is 2.76. The van der Waals surface area contributed by atoms with Crippen LogP contribution in [0.1, 0.15) is 12.5 Å². The van der Waals surface area contributed by atoms with Crippen LogP contribution in [0, 0.1) is 35.5 Å². The summed E-state index contributed by atoms with van der Waals surface area (Å²) in [6.07, 6.45) is 0.813. The van der Waals surface area contributed by atoms with Crippen molar-refractivity contribution in [3.8, 4) is 12.1 Å². The van der Waals surface area contributed by atoms with E-state index in [0.29, 0.717) is 0 Å². The number of aryl methyl sites for hydroxylation is 1. The third-order valence-electron chi connectivity index (χ3n) is 2.73. The molecule has 1 aromatic carbocycles. The monoisotopic (exact) mass is 318 g/mol. The number of rotatable bonds is 5. The molecule has 0 amide bonds. The summed E-state index contributed by atoms with van der Waals surface area (Å²) in [4.78, 5) is 10.8. The van der Waals surface area contributed by atoms with Gasteiger partial charge in [-0.15, -0.1) is 0 Å². The third-order valence-corrected chi connectivity index (χ3v) is 4.43. The Kier molecular flexibility index (Phi) is 5.85. The zero-order chi connectivity index (χ0) is 16.8. The topological polar surface area (TPSA) is 108 Å². The van der Waals surface area contributed by atoms with Gasteiger partial charge in [0.1, 0.15) is 11.0 Å². The first-order chi connectivity index (χ1) is 10.4. The quantitative estimate of drug-likeness (QED) is 0.606. The fraction of sp³-hybridized carbons (Fsp3) is 0.267. The first-order valence-electron chi connectivity index (χ1n) is 6.36. The van der Waals surface area contributed by atoms with Crippen molar-refractivity contribution >= 4 is 15.8 Å². The Morgan fingerprint density at radius 1 is 1.32 bits per heavy atom. The Morgan fingerprint density at radius 2 is 1.91 bits per heavy atom. The highest BCUT2D eigenvalue weighted by molar-refractivity contribution is 7.95. The fourth-order valence-electron chi connectivity index (χ4n) is 1.57. The molecule has 1 atom stereocenters. The van der Waals surface area contributed by atoms with Crippen molar-refractivity contribution in [2.75, 3.05) is 6.61 Å². The Balaban J connectivity index is 3.27. The SMILES string of the molecule is CCOC(=O)[C@@H](C#N)/C=C(\C#N)S(=O)(=O)c1ccc(C)cc1. The molecule has 0 spiro atoms. The number of allylic oxidation sites excluding steroid dienone is 1. The largest absolute Gasteiger partial charge is 0.465 e. The van der Waals surface area contributed by atoms with Crippen LogP contribution in [0.4, 0.5) is 0 Å². The lowest BCUT2D eigenvalue weighted by atomic mass is 10.1. The summed E-state index contributed by atoms with van der Waals surface area (Å²) in [5.41, 5.74) is 0.864. The summed E-state index contributed by atoms with van der Waals surface area (Å²) < 4.78 is 29.4. The van der Waals surface area contributed by atoms with Crippen LogP contribution in [0.2, 0.25) is 0 Å². The van der Waals surface area contributed by atoms with Gasteiger partial charge in [-0.3, -0.25) is 4.79 Å². The summed E-state index contributed by atoms with van der Waals surface area (Å²) in [6.45, 7) is 3.41. The molecule has 0 unspecified atom stereocenters. The first-order valence-corrected chi connectivity index (χ1v) is 7.85. The second-order valence-corrected chi connectivity index (χ2v) is 6.24. The van der Waals surface area contributed by atoms with Crippen LogP contribution >= 0.6 is 0 Å². The van der Waals surface area contributed by atoms with E-state index in [1.807, 2.05) is 0 Å². The summed E-state index contributed by atoms with van der Waals surface area (Å²) in [7, 11) is -4.08. The van der Waals surface area contributed by atoms with Crippen LogP contribution in [0.15, 0.2) is 40.1 Å². The molecule has 6 nitrogen and oxygen atoms in total. The molecule has 0 saturated carbocycles. The molecule has 0 N–H and O–H groups in total. The minimum Gasteiger partial charge on any atom is -0.465 e. The molecule has 1 aromatic rings. The number of benzene rings is 1. The van der Waals surface area contributed by atoms with Crippen molar-refractivity contribution < 1.29 is 17.9 Å². The highest BCUT2D eigenvalue weighted by atomic mass is 32.2. The average molecular weight is 318 g/mol. The van der Waals surface area contributed by atoms with E-state index >= 15 is 0 Å². The Labute approximate surface area is 129 Å². The van der Waals surface area contributed by atoms with Crippen molar-refractivity contribution in [2.24, 2.45) is 5.92 Å². The molecule has 0 bridgehead atoms. The van der Waals surface area contributed by atoms with Crippen LogP contribution in [-0.4, -0.2) is 21.0 Å². The molecule has 0 fully saturated rings. The summed E-state index contributed by atoms with van der Waals surface area (Å²) >= 11 is 0. The molecule has 7 heteroatoms. The number of sulfone groups is 1. The smallest absolute Gasteiger partial charge is 0.327 e. The lowest BCUT2D eigenvalue weighted by Gasteiger charge is -2.06.